The van der Waals surface area contributed by atoms with Gasteiger partial charge in [-0.25, -0.2) is 4.79 Å². The number of carbonyl (C=O) groups excluding carboxylic acids is 1. The predicted molar refractivity (Wildman–Crippen MR) is 96.0 cm³/mol. The van der Waals surface area contributed by atoms with E-state index >= 15 is 0 Å². The zero-order valence-electron chi connectivity index (χ0n) is 11.7. The van der Waals surface area contributed by atoms with Gasteiger partial charge in [0.2, 0.25) is 0 Å². The predicted octanol–water partition coefficient (Wildman–Crippen LogP) is 5.18. The fraction of sp³-hybridized carbons (Fsp3) is 0. The monoisotopic (exact) mass is 400 g/mol. The van der Waals surface area contributed by atoms with Crippen molar-refractivity contribution in [2.24, 2.45) is 0 Å². The van der Waals surface area contributed by atoms with Crippen molar-refractivity contribution in [3.8, 4) is 16.9 Å². The summed E-state index contributed by atoms with van der Waals surface area (Å²) < 4.78 is 6.46. The Morgan fingerprint density at radius 3 is 1.95 bits per heavy atom. The second-order valence-electron chi connectivity index (χ2n) is 4.79. The molecular formula is C19H13IO2. The van der Waals surface area contributed by atoms with E-state index in [4.69, 9.17) is 4.74 Å². The summed E-state index contributed by atoms with van der Waals surface area (Å²) in [6.45, 7) is 0. The van der Waals surface area contributed by atoms with Crippen LogP contribution in [0.15, 0.2) is 78.9 Å². The summed E-state index contributed by atoms with van der Waals surface area (Å²) >= 11 is 2.21. The Kier molecular flexibility index (Phi) is 4.53. The highest BCUT2D eigenvalue weighted by Crippen LogP contribution is 2.20. The molecule has 0 saturated carbocycles. The minimum Gasteiger partial charge on any atom is -0.423 e. The fourth-order valence-electron chi connectivity index (χ4n) is 2.10. The van der Waals surface area contributed by atoms with Gasteiger partial charge in [0.25, 0.3) is 0 Å². The number of hydrogen-bond donors (Lipinski definition) is 0. The summed E-state index contributed by atoms with van der Waals surface area (Å²) in [7, 11) is 0. The van der Waals surface area contributed by atoms with Gasteiger partial charge in [0.15, 0.2) is 0 Å². The van der Waals surface area contributed by atoms with Gasteiger partial charge in [-0.2, -0.15) is 0 Å². The summed E-state index contributed by atoms with van der Waals surface area (Å²) in [4.78, 5) is 12.1. The van der Waals surface area contributed by atoms with Gasteiger partial charge in [-0.1, -0.05) is 42.5 Å². The summed E-state index contributed by atoms with van der Waals surface area (Å²) in [5.74, 6) is 0.207. The van der Waals surface area contributed by atoms with E-state index in [1.165, 1.54) is 0 Å². The van der Waals surface area contributed by atoms with Crippen LogP contribution >= 0.6 is 22.6 Å². The molecule has 0 atom stereocenters. The Morgan fingerprint density at radius 1 is 0.727 bits per heavy atom. The van der Waals surface area contributed by atoms with Crippen LogP contribution in [0.2, 0.25) is 0 Å². The molecule has 0 fully saturated rings. The molecule has 3 heteroatoms. The maximum absolute atomic E-state index is 12.1. The van der Waals surface area contributed by atoms with Gasteiger partial charge in [-0.3, -0.25) is 0 Å². The molecule has 0 bridgehead atoms. The van der Waals surface area contributed by atoms with Crippen molar-refractivity contribution >= 4 is 28.6 Å². The van der Waals surface area contributed by atoms with E-state index in [0.717, 1.165) is 14.7 Å². The molecule has 2 nitrogen and oxygen atoms in total. The molecule has 0 radical (unpaired) electrons. The van der Waals surface area contributed by atoms with E-state index in [-0.39, 0.29) is 5.97 Å². The van der Waals surface area contributed by atoms with Gasteiger partial charge in [0.05, 0.1) is 5.56 Å². The highest BCUT2D eigenvalue weighted by Gasteiger charge is 2.08. The zero-order chi connectivity index (χ0) is 15.4. The lowest BCUT2D eigenvalue weighted by Gasteiger charge is -2.06. The Balaban J connectivity index is 1.75. The van der Waals surface area contributed by atoms with Gasteiger partial charge >= 0.3 is 5.97 Å². The lowest BCUT2D eigenvalue weighted by atomic mass is 10.0. The number of rotatable bonds is 3. The van der Waals surface area contributed by atoms with Crippen molar-refractivity contribution in [2.75, 3.05) is 0 Å². The average Bonchev–Trinajstić information content (AvgIpc) is 2.58. The molecule has 3 aromatic carbocycles. The Morgan fingerprint density at radius 2 is 1.32 bits per heavy atom. The number of carbonyl (C=O) groups is 1. The highest BCUT2D eigenvalue weighted by atomic mass is 127. The molecule has 0 aromatic heterocycles. The molecule has 0 amide bonds. The molecule has 108 valence electrons. The second kappa shape index (κ2) is 6.75. The van der Waals surface area contributed by atoms with Gasteiger partial charge in [0, 0.05) is 3.57 Å². The van der Waals surface area contributed by atoms with Crippen molar-refractivity contribution in [2.45, 2.75) is 0 Å². The molecule has 3 rings (SSSR count). The first-order valence-electron chi connectivity index (χ1n) is 6.85. The third kappa shape index (κ3) is 3.54. The quantitative estimate of drug-likeness (QED) is 0.344. The maximum atomic E-state index is 12.1. The van der Waals surface area contributed by atoms with Crippen LogP contribution in [-0.2, 0) is 0 Å². The number of ether oxygens (including phenoxy) is 1. The number of esters is 1. The number of halogens is 1. The third-order valence-corrected chi connectivity index (χ3v) is 3.97. The van der Waals surface area contributed by atoms with E-state index in [0.29, 0.717) is 11.3 Å². The van der Waals surface area contributed by atoms with Crippen LogP contribution in [0.25, 0.3) is 11.1 Å². The largest absolute Gasteiger partial charge is 0.423 e. The SMILES string of the molecule is O=C(Oc1ccc(I)cc1)c1ccc(-c2ccccc2)cc1. The van der Waals surface area contributed by atoms with Crippen LogP contribution in [0.3, 0.4) is 0 Å². The Labute approximate surface area is 142 Å². The van der Waals surface area contributed by atoms with Crippen molar-refractivity contribution in [3.05, 3.63) is 88.0 Å². The Hall–Kier alpha value is -2.14. The maximum Gasteiger partial charge on any atom is 0.343 e. The van der Waals surface area contributed by atoms with Crippen molar-refractivity contribution in [1.82, 2.24) is 0 Å². The van der Waals surface area contributed by atoms with Crippen molar-refractivity contribution in [1.29, 1.82) is 0 Å². The molecular weight excluding hydrogens is 387 g/mol. The van der Waals surface area contributed by atoms with Crippen molar-refractivity contribution < 1.29 is 9.53 Å². The lowest BCUT2D eigenvalue weighted by molar-refractivity contribution is 0.0735. The van der Waals surface area contributed by atoms with Gasteiger partial charge in [-0.15, -0.1) is 0 Å². The normalized spacial score (nSPS) is 10.2. The molecule has 0 saturated heterocycles. The Bertz CT molecular complexity index is 763. The summed E-state index contributed by atoms with van der Waals surface area (Å²) in [6.07, 6.45) is 0. The van der Waals surface area contributed by atoms with Crippen LogP contribution in [0.4, 0.5) is 0 Å². The van der Waals surface area contributed by atoms with Crippen LogP contribution < -0.4 is 4.74 Å². The third-order valence-electron chi connectivity index (χ3n) is 3.25. The number of hydrogen-bond acceptors (Lipinski definition) is 2. The van der Waals surface area contributed by atoms with E-state index in [9.17, 15) is 4.79 Å². The summed E-state index contributed by atoms with van der Waals surface area (Å²) in [6, 6.07) is 24.9. The molecule has 0 heterocycles. The average molecular weight is 400 g/mol. The molecule has 0 aliphatic heterocycles. The molecule has 0 spiro atoms. The summed E-state index contributed by atoms with van der Waals surface area (Å²) in [5.41, 5.74) is 2.74. The van der Waals surface area contributed by atoms with Gasteiger partial charge in [0.1, 0.15) is 5.75 Å². The first-order valence-corrected chi connectivity index (χ1v) is 7.93. The minimum absolute atomic E-state index is 0.346. The van der Waals surface area contributed by atoms with E-state index < -0.39 is 0 Å². The molecule has 0 N–H and O–H groups in total. The van der Waals surface area contributed by atoms with Crippen LogP contribution in [0, 0.1) is 3.57 Å². The van der Waals surface area contributed by atoms with Crippen LogP contribution in [-0.4, -0.2) is 5.97 Å². The molecule has 22 heavy (non-hydrogen) atoms. The summed E-state index contributed by atoms with van der Waals surface area (Å²) in [5, 5.41) is 0. The molecule has 0 unspecified atom stereocenters. The minimum atomic E-state index is -0.346. The molecule has 3 aromatic rings. The van der Waals surface area contributed by atoms with E-state index in [1.807, 2.05) is 54.6 Å². The lowest BCUT2D eigenvalue weighted by Crippen LogP contribution is -2.08. The van der Waals surface area contributed by atoms with E-state index in [2.05, 4.69) is 22.6 Å². The van der Waals surface area contributed by atoms with Gasteiger partial charge < -0.3 is 4.74 Å². The number of benzene rings is 3. The molecule has 0 aliphatic rings. The first kappa shape index (κ1) is 14.8. The fourth-order valence-corrected chi connectivity index (χ4v) is 2.46. The highest BCUT2D eigenvalue weighted by molar-refractivity contribution is 14.1. The zero-order valence-corrected chi connectivity index (χ0v) is 13.9. The standard InChI is InChI=1S/C19H13IO2/c20-17-10-12-18(13-11-17)22-19(21)16-8-6-15(7-9-16)14-4-2-1-3-5-14/h1-13H. The second-order valence-corrected chi connectivity index (χ2v) is 6.03. The first-order chi connectivity index (χ1) is 10.7. The van der Waals surface area contributed by atoms with Crippen molar-refractivity contribution in [3.63, 3.8) is 0 Å². The van der Waals surface area contributed by atoms with Crippen LogP contribution in [0.5, 0.6) is 5.75 Å². The van der Waals surface area contributed by atoms with E-state index in [1.54, 1.807) is 24.3 Å². The molecule has 0 aliphatic carbocycles. The van der Waals surface area contributed by atoms with Crippen LogP contribution in [0.1, 0.15) is 10.4 Å². The van der Waals surface area contributed by atoms with Gasteiger partial charge in [-0.05, 0) is 70.1 Å². The smallest absolute Gasteiger partial charge is 0.343 e. The topological polar surface area (TPSA) is 26.3 Å².